The first-order chi connectivity index (χ1) is 8.78. The number of carbonyl (C=O) groups is 1. The average molecular weight is 328 g/mol. The molecular weight excluding hydrogens is 310 g/mol. The molecule has 1 atom stereocenters. The van der Waals surface area contributed by atoms with Gasteiger partial charge in [-0.05, 0) is 49.7 Å². The average Bonchev–Trinajstić information content (AvgIpc) is 3.04. The molecule has 1 unspecified atom stereocenters. The van der Waals surface area contributed by atoms with Crippen LogP contribution in [0.3, 0.4) is 0 Å². The quantitative estimate of drug-likeness (QED) is 0.761. The Labute approximate surface area is 120 Å². The fourth-order valence-electron chi connectivity index (χ4n) is 2.89. The van der Waals surface area contributed by atoms with Gasteiger partial charge >= 0.3 is 0 Å². The van der Waals surface area contributed by atoms with Crippen LogP contribution in [0, 0.1) is 5.92 Å². The zero-order chi connectivity index (χ0) is 12.5. The van der Waals surface area contributed by atoms with Gasteiger partial charge in [-0.1, -0.05) is 15.9 Å². The molecule has 0 radical (unpaired) electrons. The summed E-state index contributed by atoms with van der Waals surface area (Å²) in [7, 11) is 0. The van der Waals surface area contributed by atoms with Crippen molar-refractivity contribution in [3.05, 3.63) is 21.4 Å². The molecule has 1 fully saturated rings. The lowest BCUT2D eigenvalue weighted by atomic mass is 9.99. The molecule has 98 valence electrons. The first kappa shape index (κ1) is 12.7. The maximum absolute atomic E-state index is 12.4. The lowest BCUT2D eigenvalue weighted by Gasteiger charge is -2.14. The summed E-state index contributed by atoms with van der Waals surface area (Å²) < 4.78 is 0. The van der Waals surface area contributed by atoms with E-state index in [1.54, 1.807) is 11.3 Å². The van der Waals surface area contributed by atoms with Crippen LogP contribution in [0.5, 0.6) is 0 Å². The van der Waals surface area contributed by atoms with Gasteiger partial charge in [0.25, 0.3) is 5.91 Å². The van der Waals surface area contributed by atoms with E-state index in [1.165, 1.54) is 36.1 Å². The van der Waals surface area contributed by atoms with E-state index in [1.807, 2.05) is 4.90 Å². The Bertz CT molecular complexity index is 433. The first-order valence-electron chi connectivity index (χ1n) is 6.74. The Morgan fingerprint density at radius 2 is 2.28 bits per heavy atom. The SMILES string of the molecule is O=C(c1cc2c(s1)CCCC2)N1CCC(CBr)C1. The molecule has 2 aliphatic rings. The molecular formula is C14H18BrNOS. The Balaban J connectivity index is 1.74. The van der Waals surface area contributed by atoms with Crippen LogP contribution in [0.2, 0.25) is 0 Å². The highest BCUT2D eigenvalue weighted by molar-refractivity contribution is 9.09. The summed E-state index contributed by atoms with van der Waals surface area (Å²) >= 11 is 5.26. The Morgan fingerprint density at radius 3 is 3.00 bits per heavy atom. The minimum Gasteiger partial charge on any atom is -0.338 e. The molecule has 0 saturated carbocycles. The number of fused-ring (bicyclic) bond motifs is 1. The highest BCUT2D eigenvalue weighted by Crippen LogP contribution is 2.31. The van der Waals surface area contributed by atoms with Crippen LogP contribution in [-0.2, 0) is 12.8 Å². The summed E-state index contributed by atoms with van der Waals surface area (Å²) in [4.78, 5) is 16.9. The molecule has 0 spiro atoms. The van der Waals surface area contributed by atoms with Crippen molar-refractivity contribution in [3.8, 4) is 0 Å². The van der Waals surface area contributed by atoms with Gasteiger partial charge in [0.2, 0.25) is 0 Å². The van der Waals surface area contributed by atoms with E-state index in [2.05, 4.69) is 22.0 Å². The molecule has 3 rings (SSSR count). The van der Waals surface area contributed by atoms with Gasteiger partial charge in [0.15, 0.2) is 0 Å². The molecule has 4 heteroatoms. The van der Waals surface area contributed by atoms with E-state index in [0.717, 1.165) is 29.7 Å². The van der Waals surface area contributed by atoms with E-state index in [0.29, 0.717) is 5.92 Å². The van der Waals surface area contributed by atoms with E-state index in [9.17, 15) is 4.79 Å². The number of amides is 1. The van der Waals surface area contributed by atoms with Crippen molar-refractivity contribution in [2.45, 2.75) is 32.1 Å². The lowest BCUT2D eigenvalue weighted by molar-refractivity contribution is 0.0793. The number of hydrogen-bond acceptors (Lipinski definition) is 2. The van der Waals surface area contributed by atoms with E-state index in [-0.39, 0.29) is 5.91 Å². The van der Waals surface area contributed by atoms with Crippen LogP contribution in [-0.4, -0.2) is 29.2 Å². The molecule has 1 aliphatic carbocycles. The van der Waals surface area contributed by atoms with Crippen LogP contribution >= 0.6 is 27.3 Å². The minimum absolute atomic E-state index is 0.262. The summed E-state index contributed by atoms with van der Waals surface area (Å²) in [5.41, 5.74) is 1.44. The van der Waals surface area contributed by atoms with Gasteiger partial charge < -0.3 is 4.90 Å². The molecule has 1 aliphatic heterocycles. The van der Waals surface area contributed by atoms with E-state index >= 15 is 0 Å². The summed E-state index contributed by atoms with van der Waals surface area (Å²) in [5, 5.41) is 1.01. The molecule has 1 saturated heterocycles. The highest BCUT2D eigenvalue weighted by Gasteiger charge is 2.28. The van der Waals surface area contributed by atoms with Crippen molar-refractivity contribution < 1.29 is 4.79 Å². The molecule has 2 nitrogen and oxygen atoms in total. The van der Waals surface area contributed by atoms with Gasteiger partial charge in [-0.3, -0.25) is 4.79 Å². The summed E-state index contributed by atoms with van der Waals surface area (Å²) in [6.07, 6.45) is 6.06. The zero-order valence-corrected chi connectivity index (χ0v) is 12.9. The highest BCUT2D eigenvalue weighted by atomic mass is 79.9. The molecule has 18 heavy (non-hydrogen) atoms. The van der Waals surface area contributed by atoms with Crippen LogP contribution in [0.4, 0.5) is 0 Å². The van der Waals surface area contributed by atoms with Gasteiger partial charge in [-0.25, -0.2) is 0 Å². The summed E-state index contributed by atoms with van der Waals surface area (Å²) in [5.74, 6) is 0.904. The molecule has 0 N–H and O–H groups in total. The van der Waals surface area contributed by atoms with Crippen molar-refractivity contribution in [3.63, 3.8) is 0 Å². The maximum Gasteiger partial charge on any atom is 0.263 e. The third-order valence-corrected chi connectivity index (χ3v) is 6.14. The van der Waals surface area contributed by atoms with Crippen molar-refractivity contribution in [2.75, 3.05) is 18.4 Å². The number of nitrogens with zero attached hydrogens (tertiary/aromatic N) is 1. The molecule has 0 bridgehead atoms. The number of halogens is 1. The number of likely N-dealkylation sites (tertiary alicyclic amines) is 1. The van der Waals surface area contributed by atoms with Gasteiger partial charge in [0, 0.05) is 23.3 Å². The smallest absolute Gasteiger partial charge is 0.263 e. The Hall–Kier alpha value is -0.350. The fraction of sp³-hybridized carbons (Fsp3) is 0.643. The van der Waals surface area contributed by atoms with E-state index in [4.69, 9.17) is 0 Å². The predicted octanol–water partition coefficient (Wildman–Crippen LogP) is 3.48. The van der Waals surface area contributed by atoms with Crippen molar-refractivity contribution in [1.29, 1.82) is 0 Å². The molecule has 0 aromatic carbocycles. The van der Waals surface area contributed by atoms with Gasteiger partial charge in [0.1, 0.15) is 0 Å². The number of rotatable bonds is 2. The molecule has 1 aromatic heterocycles. The Kier molecular flexibility index (Phi) is 3.76. The number of carbonyl (C=O) groups excluding carboxylic acids is 1. The minimum atomic E-state index is 0.262. The van der Waals surface area contributed by atoms with Gasteiger partial charge in [-0.15, -0.1) is 11.3 Å². The summed E-state index contributed by atoms with van der Waals surface area (Å²) in [6.45, 7) is 1.85. The second-order valence-corrected chi connectivity index (χ2v) is 7.11. The molecule has 1 aromatic rings. The standard InChI is InChI=1S/C14H18BrNOS/c15-8-10-5-6-16(9-10)14(17)13-7-11-3-1-2-4-12(11)18-13/h7,10H,1-6,8-9H2. The zero-order valence-electron chi connectivity index (χ0n) is 10.5. The normalized spacial score (nSPS) is 23.2. The number of aryl methyl sites for hydroxylation is 2. The topological polar surface area (TPSA) is 20.3 Å². The predicted molar refractivity (Wildman–Crippen MR) is 78.8 cm³/mol. The van der Waals surface area contributed by atoms with Crippen molar-refractivity contribution >= 4 is 33.2 Å². The van der Waals surface area contributed by atoms with Crippen LogP contribution in [0.15, 0.2) is 6.07 Å². The molecule has 1 amide bonds. The third kappa shape index (κ3) is 2.37. The number of hydrogen-bond donors (Lipinski definition) is 0. The Morgan fingerprint density at radius 1 is 1.44 bits per heavy atom. The first-order valence-corrected chi connectivity index (χ1v) is 8.68. The van der Waals surface area contributed by atoms with Crippen LogP contribution in [0.1, 0.15) is 39.4 Å². The fourth-order valence-corrected chi connectivity index (χ4v) is 4.64. The maximum atomic E-state index is 12.4. The van der Waals surface area contributed by atoms with Crippen LogP contribution < -0.4 is 0 Å². The van der Waals surface area contributed by atoms with Crippen molar-refractivity contribution in [1.82, 2.24) is 4.90 Å². The largest absolute Gasteiger partial charge is 0.338 e. The van der Waals surface area contributed by atoms with Crippen molar-refractivity contribution in [2.24, 2.45) is 5.92 Å². The number of thiophene rings is 1. The molecule has 2 heterocycles. The van der Waals surface area contributed by atoms with Gasteiger partial charge in [0.05, 0.1) is 4.88 Å². The third-order valence-electron chi connectivity index (χ3n) is 4.00. The number of alkyl halides is 1. The van der Waals surface area contributed by atoms with E-state index < -0.39 is 0 Å². The van der Waals surface area contributed by atoms with Crippen LogP contribution in [0.25, 0.3) is 0 Å². The lowest BCUT2D eigenvalue weighted by Crippen LogP contribution is -2.28. The second-order valence-electron chi connectivity index (χ2n) is 5.33. The summed E-state index contributed by atoms with van der Waals surface area (Å²) in [6, 6.07) is 2.16. The second kappa shape index (κ2) is 5.33. The monoisotopic (exact) mass is 327 g/mol. The van der Waals surface area contributed by atoms with Gasteiger partial charge in [-0.2, -0.15) is 0 Å².